The summed E-state index contributed by atoms with van der Waals surface area (Å²) in [6.07, 6.45) is 0. The number of esters is 1. The third-order valence-electron chi connectivity index (χ3n) is 2.79. The number of nitrogens with two attached hydrogens (primary N) is 1. The highest BCUT2D eigenvalue weighted by Gasteiger charge is 2.13. The molecule has 98 valence electrons. The van der Waals surface area contributed by atoms with E-state index in [2.05, 4.69) is 0 Å². The summed E-state index contributed by atoms with van der Waals surface area (Å²) in [7, 11) is 0. The minimum atomic E-state index is -0.412. The Labute approximate surface area is 117 Å². The fourth-order valence-corrected chi connectivity index (χ4v) is 1.90. The first kappa shape index (κ1) is 13.4. The molecule has 2 N–H and O–H groups in total. The van der Waals surface area contributed by atoms with Gasteiger partial charge in [-0.1, -0.05) is 35.9 Å². The second-order valence-electron chi connectivity index (χ2n) is 4.24. The zero-order valence-electron chi connectivity index (χ0n) is 10.5. The zero-order chi connectivity index (χ0) is 13.8. The van der Waals surface area contributed by atoms with Crippen molar-refractivity contribution in [2.24, 2.45) is 0 Å². The van der Waals surface area contributed by atoms with Crippen molar-refractivity contribution in [3.05, 3.63) is 64.2 Å². The Kier molecular flexibility index (Phi) is 4.07. The lowest BCUT2D eigenvalue weighted by Gasteiger charge is -2.09. The van der Waals surface area contributed by atoms with Crippen LogP contribution in [0.5, 0.6) is 0 Å². The molecular formula is C15H14ClNO2. The molecule has 2 rings (SSSR count). The predicted molar refractivity (Wildman–Crippen MR) is 76.2 cm³/mol. The number of rotatable bonds is 3. The van der Waals surface area contributed by atoms with Crippen LogP contribution in [0.1, 0.15) is 21.5 Å². The van der Waals surface area contributed by atoms with Crippen molar-refractivity contribution >= 4 is 23.3 Å². The van der Waals surface area contributed by atoms with Crippen molar-refractivity contribution in [3.8, 4) is 0 Å². The first-order valence-corrected chi connectivity index (χ1v) is 6.22. The molecule has 0 aliphatic carbocycles. The molecule has 0 fully saturated rings. The second-order valence-corrected chi connectivity index (χ2v) is 4.68. The molecular weight excluding hydrogens is 262 g/mol. The zero-order valence-corrected chi connectivity index (χ0v) is 11.3. The van der Waals surface area contributed by atoms with Crippen molar-refractivity contribution in [1.29, 1.82) is 0 Å². The summed E-state index contributed by atoms with van der Waals surface area (Å²) in [6, 6.07) is 12.5. The van der Waals surface area contributed by atoms with Crippen LogP contribution in [0.3, 0.4) is 0 Å². The largest absolute Gasteiger partial charge is 0.457 e. The topological polar surface area (TPSA) is 52.3 Å². The molecule has 4 heteroatoms. The molecule has 0 atom stereocenters. The summed E-state index contributed by atoms with van der Waals surface area (Å²) < 4.78 is 5.25. The Bertz CT molecular complexity index is 573. The van der Waals surface area contributed by atoms with Crippen molar-refractivity contribution in [1.82, 2.24) is 0 Å². The van der Waals surface area contributed by atoms with Crippen molar-refractivity contribution < 1.29 is 9.53 Å². The third kappa shape index (κ3) is 3.26. The van der Waals surface area contributed by atoms with Crippen LogP contribution in [0.25, 0.3) is 0 Å². The van der Waals surface area contributed by atoms with E-state index in [9.17, 15) is 4.79 Å². The monoisotopic (exact) mass is 275 g/mol. The molecule has 2 aromatic rings. The molecule has 0 aliphatic heterocycles. The molecule has 0 aliphatic rings. The van der Waals surface area contributed by atoms with Gasteiger partial charge in [0.25, 0.3) is 0 Å². The van der Waals surface area contributed by atoms with E-state index in [1.807, 2.05) is 25.1 Å². The molecule has 3 nitrogen and oxygen atoms in total. The number of carbonyl (C=O) groups is 1. The number of aryl methyl sites for hydroxylation is 1. The van der Waals surface area contributed by atoms with Gasteiger partial charge in [0.2, 0.25) is 0 Å². The second kappa shape index (κ2) is 5.76. The van der Waals surface area contributed by atoms with Gasteiger partial charge >= 0.3 is 5.97 Å². The number of ether oxygens (including phenoxy) is 1. The highest BCUT2D eigenvalue weighted by Crippen LogP contribution is 2.18. The molecule has 0 heterocycles. The molecule has 2 aromatic carbocycles. The SMILES string of the molecule is Cc1cccc(N)c1C(=O)OCc1ccc(Cl)cc1. The van der Waals surface area contributed by atoms with E-state index in [-0.39, 0.29) is 6.61 Å². The van der Waals surface area contributed by atoms with Gasteiger partial charge in [-0.05, 0) is 36.2 Å². The van der Waals surface area contributed by atoms with E-state index in [4.69, 9.17) is 22.1 Å². The van der Waals surface area contributed by atoms with Gasteiger partial charge in [0, 0.05) is 10.7 Å². The van der Waals surface area contributed by atoms with Gasteiger partial charge in [-0.2, -0.15) is 0 Å². The number of nitrogen functional groups attached to an aromatic ring is 1. The Hall–Kier alpha value is -2.00. The smallest absolute Gasteiger partial charge is 0.340 e. The van der Waals surface area contributed by atoms with Gasteiger partial charge in [0.1, 0.15) is 6.61 Å². The fourth-order valence-electron chi connectivity index (χ4n) is 1.77. The molecule has 0 saturated heterocycles. The summed E-state index contributed by atoms with van der Waals surface area (Å²) in [6.45, 7) is 2.03. The van der Waals surface area contributed by atoms with Crippen molar-refractivity contribution in [3.63, 3.8) is 0 Å². The van der Waals surface area contributed by atoms with Gasteiger partial charge in [-0.15, -0.1) is 0 Å². The van der Waals surface area contributed by atoms with E-state index in [0.717, 1.165) is 11.1 Å². The molecule has 0 aromatic heterocycles. The lowest BCUT2D eigenvalue weighted by atomic mass is 10.1. The minimum Gasteiger partial charge on any atom is -0.457 e. The number of benzene rings is 2. The molecule has 0 bridgehead atoms. The Morgan fingerprint density at radius 2 is 1.89 bits per heavy atom. The normalized spacial score (nSPS) is 10.2. The summed E-state index contributed by atoms with van der Waals surface area (Å²) in [4.78, 5) is 12.0. The molecule has 0 saturated carbocycles. The quantitative estimate of drug-likeness (QED) is 0.688. The van der Waals surface area contributed by atoms with Crippen LogP contribution in [0.15, 0.2) is 42.5 Å². The lowest BCUT2D eigenvalue weighted by Crippen LogP contribution is -2.10. The number of hydrogen-bond donors (Lipinski definition) is 1. The summed E-state index contributed by atoms with van der Waals surface area (Å²) >= 11 is 5.79. The Morgan fingerprint density at radius 3 is 2.53 bits per heavy atom. The van der Waals surface area contributed by atoms with Gasteiger partial charge < -0.3 is 10.5 Å². The third-order valence-corrected chi connectivity index (χ3v) is 3.04. The van der Waals surface area contributed by atoms with Crippen LogP contribution < -0.4 is 5.73 Å². The summed E-state index contributed by atoms with van der Waals surface area (Å²) in [5.74, 6) is -0.412. The van der Waals surface area contributed by atoms with Crippen LogP contribution in [0.4, 0.5) is 5.69 Å². The average Bonchev–Trinajstić information content (AvgIpc) is 2.38. The molecule has 0 radical (unpaired) electrons. The first-order valence-electron chi connectivity index (χ1n) is 5.84. The van der Waals surface area contributed by atoms with E-state index >= 15 is 0 Å². The summed E-state index contributed by atoms with van der Waals surface area (Å²) in [5.41, 5.74) is 8.34. The number of hydrogen-bond acceptors (Lipinski definition) is 3. The van der Waals surface area contributed by atoms with Crippen LogP contribution in [-0.4, -0.2) is 5.97 Å². The highest BCUT2D eigenvalue weighted by molar-refractivity contribution is 6.30. The van der Waals surface area contributed by atoms with E-state index in [1.165, 1.54) is 0 Å². The van der Waals surface area contributed by atoms with Crippen molar-refractivity contribution in [2.75, 3.05) is 5.73 Å². The highest BCUT2D eigenvalue weighted by atomic mass is 35.5. The van der Waals surface area contributed by atoms with Gasteiger partial charge in [0.15, 0.2) is 0 Å². The van der Waals surface area contributed by atoms with Gasteiger partial charge in [-0.25, -0.2) is 4.79 Å². The molecule has 0 amide bonds. The van der Waals surface area contributed by atoms with Crippen molar-refractivity contribution in [2.45, 2.75) is 13.5 Å². The first-order chi connectivity index (χ1) is 9.08. The maximum absolute atomic E-state index is 12.0. The van der Waals surface area contributed by atoms with Crippen LogP contribution >= 0.6 is 11.6 Å². The maximum atomic E-state index is 12.0. The molecule has 19 heavy (non-hydrogen) atoms. The molecule has 0 spiro atoms. The van der Waals surface area contributed by atoms with Crippen LogP contribution in [0.2, 0.25) is 5.02 Å². The Balaban J connectivity index is 2.07. The van der Waals surface area contributed by atoms with Gasteiger partial charge in [-0.3, -0.25) is 0 Å². The number of halogens is 1. The molecule has 0 unspecified atom stereocenters. The summed E-state index contributed by atoms with van der Waals surface area (Å²) in [5, 5.41) is 0.651. The van der Waals surface area contributed by atoms with E-state index in [0.29, 0.717) is 16.3 Å². The van der Waals surface area contributed by atoms with E-state index < -0.39 is 5.97 Å². The standard InChI is InChI=1S/C15H14ClNO2/c1-10-3-2-4-13(17)14(10)15(18)19-9-11-5-7-12(16)8-6-11/h2-8H,9,17H2,1H3. The fraction of sp³-hybridized carbons (Fsp3) is 0.133. The van der Waals surface area contributed by atoms with Gasteiger partial charge in [0.05, 0.1) is 5.56 Å². The minimum absolute atomic E-state index is 0.198. The Morgan fingerprint density at radius 1 is 1.21 bits per heavy atom. The van der Waals surface area contributed by atoms with Crippen LogP contribution in [0, 0.1) is 6.92 Å². The maximum Gasteiger partial charge on any atom is 0.340 e. The number of anilines is 1. The van der Waals surface area contributed by atoms with E-state index in [1.54, 1.807) is 24.3 Å². The average molecular weight is 276 g/mol. The predicted octanol–water partition coefficient (Wildman–Crippen LogP) is 3.59. The lowest BCUT2D eigenvalue weighted by molar-refractivity contribution is 0.0473. The number of carbonyl (C=O) groups excluding carboxylic acids is 1. The van der Waals surface area contributed by atoms with Crippen LogP contribution in [-0.2, 0) is 11.3 Å².